The maximum absolute atomic E-state index is 11.4. The number of tetrazole rings is 1. The Morgan fingerprint density at radius 2 is 2.33 bits per heavy atom. The summed E-state index contributed by atoms with van der Waals surface area (Å²) >= 11 is 1.77. The lowest BCUT2D eigenvalue weighted by molar-refractivity contribution is 0.0504. The number of carbonyl (C=O) groups excluding carboxylic acids is 1. The van der Waals surface area contributed by atoms with Crippen molar-refractivity contribution >= 4 is 17.7 Å². The van der Waals surface area contributed by atoms with E-state index in [4.69, 9.17) is 4.74 Å². The Hall–Kier alpha value is -1.11. The predicted molar refractivity (Wildman–Crippen MR) is 56.8 cm³/mol. The molecule has 0 bridgehead atoms. The Bertz CT molecular complexity index is 315. The highest BCUT2D eigenvalue weighted by atomic mass is 32.2. The Kier molecular flexibility index (Phi) is 5.09. The van der Waals surface area contributed by atoms with Crippen LogP contribution in [-0.2, 0) is 11.3 Å². The third kappa shape index (κ3) is 3.50. The smallest absolute Gasteiger partial charge is 0.378 e. The summed E-state index contributed by atoms with van der Waals surface area (Å²) in [6.45, 7) is 4.78. The van der Waals surface area contributed by atoms with E-state index in [0.717, 1.165) is 11.5 Å². The number of esters is 1. The van der Waals surface area contributed by atoms with Gasteiger partial charge in [0.1, 0.15) is 0 Å². The van der Waals surface area contributed by atoms with Gasteiger partial charge in [0, 0.05) is 5.75 Å². The molecular formula is C8H14N4O2S. The number of rotatable bonds is 6. The highest BCUT2D eigenvalue weighted by molar-refractivity contribution is 7.99. The molecule has 0 spiro atoms. The first-order chi connectivity index (χ1) is 7.29. The number of hydrogen-bond acceptors (Lipinski definition) is 6. The predicted octanol–water partition coefficient (Wildman–Crippen LogP) is 0.603. The van der Waals surface area contributed by atoms with Crippen molar-refractivity contribution in [1.29, 1.82) is 0 Å². The Labute approximate surface area is 92.4 Å². The molecule has 0 radical (unpaired) electrons. The lowest BCUT2D eigenvalue weighted by Gasteiger charge is -2.02. The van der Waals surface area contributed by atoms with Crippen LogP contribution in [0.1, 0.15) is 24.5 Å². The minimum atomic E-state index is -0.469. The second kappa shape index (κ2) is 6.39. The first-order valence-electron chi connectivity index (χ1n) is 4.80. The van der Waals surface area contributed by atoms with Crippen molar-refractivity contribution in [3.05, 3.63) is 5.82 Å². The second-order valence-corrected chi connectivity index (χ2v) is 4.04. The van der Waals surface area contributed by atoms with Gasteiger partial charge < -0.3 is 4.74 Å². The molecule has 0 unspecified atom stereocenters. The third-order valence-electron chi connectivity index (χ3n) is 1.64. The molecule has 0 saturated carbocycles. The Balaban J connectivity index is 2.56. The van der Waals surface area contributed by atoms with E-state index in [2.05, 4.69) is 22.4 Å². The number of nitrogens with zero attached hydrogens (tertiary/aromatic N) is 4. The summed E-state index contributed by atoms with van der Waals surface area (Å²) in [5, 5.41) is 10.8. The van der Waals surface area contributed by atoms with Gasteiger partial charge in [0.15, 0.2) is 0 Å². The van der Waals surface area contributed by atoms with Crippen LogP contribution in [0.15, 0.2) is 0 Å². The van der Waals surface area contributed by atoms with Gasteiger partial charge in [-0.1, -0.05) is 6.92 Å². The van der Waals surface area contributed by atoms with Crippen LogP contribution < -0.4 is 0 Å². The molecule has 1 heterocycles. The van der Waals surface area contributed by atoms with Crippen molar-refractivity contribution in [2.24, 2.45) is 0 Å². The van der Waals surface area contributed by atoms with Crippen molar-refractivity contribution in [3.8, 4) is 0 Å². The number of aromatic nitrogens is 4. The number of ether oxygens (including phenoxy) is 1. The van der Waals surface area contributed by atoms with Crippen molar-refractivity contribution in [2.45, 2.75) is 20.4 Å². The standard InChI is InChI=1S/C8H14N4O2S/c1-3-14-8(13)7-9-10-11-12(7)5-6-15-4-2/h3-6H2,1-2H3. The molecule has 1 rings (SSSR count). The van der Waals surface area contributed by atoms with Gasteiger partial charge in [-0.15, -0.1) is 5.10 Å². The molecule has 15 heavy (non-hydrogen) atoms. The summed E-state index contributed by atoms with van der Waals surface area (Å²) in [6.07, 6.45) is 0. The fraction of sp³-hybridized carbons (Fsp3) is 0.750. The zero-order chi connectivity index (χ0) is 11.1. The second-order valence-electron chi connectivity index (χ2n) is 2.64. The average molecular weight is 230 g/mol. The number of thioether (sulfide) groups is 1. The zero-order valence-electron chi connectivity index (χ0n) is 8.84. The maximum Gasteiger partial charge on any atom is 0.378 e. The Morgan fingerprint density at radius 1 is 1.53 bits per heavy atom. The molecule has 0 aliphatic carbocycles. The largest absolute Gasteiger partial charge is 0.460 e. The van der Waals surface area contributed by atoms with Crippen LogP contribution in [0.2, 0.25) is 0 Å². The van der Waals surface area contributed by atoms with E-state index in [9.17, 15) is 4.79 Å². The maximum atomic E-state index is 11.4. The van der Waals surface area contributed by atoms with Crippen LogP contribution in [0, 0.1) is 0 Å². The lowest BCUT2D eigenvalue weighted by atomic mass is 10.6. The van der Waals surface area contributed by atoms with E-state index in [0.29, 0.717) is 13.2 Å². The van der Waals surface area contributed by atoms with E-state index in [1.54, 1.807) is 18.7 Å². The van der Waals surface area contributed by atoms with E-state index >= 15 is 0 Å². The van der Waals surface area contributed by atoms with E-state index < -0.39 is 5.97 Å². The fourth-order valence-electron chi connectivity index (χ4n) is 0.992. The lowest BCUT2D eigenvalue weighted by Crippen LogP contribution is -2.15. The molecule has 0 aromatic carbocycles. The van der Waals surface area contributed by atoms with Crippen LogP contribution in [-0.4, -0.2) is 44.3 Å². The molecule has 6 nitrogen and oxygen atoms in total. The number of aryl methyl sites for hydroxylation is 1. The molecule has 0 aliphatic heterocycles. The van der Waals surface area contributed by atoms with Crippen molar-refractivity contribution in [3.63, 3.8) is 0 Å². The third-order valence-corrected chi connectivity index (χ3v) is 2.52. The summed E-state index contributed by atoms with van der Waals surface area (Å²) in [4.78, 5) is 11.4. The van der Waals surface area contributed by atoms with Gasteiger partial charge in [0.2, 0.25) is 0 Å². The highest BCUT2D eigenvalue weighted by Gasteiger charge is 2.15. The van der Waals surface area contributed by atoms with Gasteiger partial charge in [-0.05, 0) is 23.1 Å². The molecule has 7 heteroatoms. The molecule has 0 saturated heterocycles. The number of carbonyl (C=O) groups is 1. The van der Waals surface area contributed by atoms with Crippen LogP contribution >= 0.6 is 11.8 Å². The molecule has 0 atom stereocenters. The fourth-order valence-corrected chi connectivity index (χ4v) is 1.58. The zero-order valence-corrected chi connectivity index (χ0v) is 9.66. The molecule has 0 N–H and O–H groups in total. The van der Waals surface area contributed by atoms with Crippen LogP contribution in [0.25, 0.3) is 0 Å². The molecule has 1 aromatic heterocycles. The summed E-state index contributed by atoms with van der Waals surface area (Å²) in [6, 6.07) is 0. The quantitative estimate of drug-likeness (QED) is 0.526. The summed E-state index contributed by atoms with van der Waals surface area (Å²) in [5.41, 5.74) is 0. The summed E-state index contributed by atoms with van der Waals surface area (Å²) < 4.78 is 6.30. The molecule has 0 amide bonds. The highest BCUT2D eigenvalue weighted by Crippen LogP contribution is 2.02. The van der Waals surface area contributed by atoms with Gasteiger partial charge in [0.25, 0.3) is 5.82 Å². The first-order valence-corrected chi connectivity index (χ1v) is 5.96. The topological polar surface area (TPSA) is 69.9 Å². The van der Waals surface area contributed by atoms with E-state index in [1.807, 2.05) is 0 Å². The SMILES string of the molecule is CCOC(=O)c1nnnn1CCSCC. The van der Waals surface area contributed by atoms with Crippen LogP contribution in [0.5, 0.6) is 0 Å². The van der Waals surface area contributed by atoms with E-state index in [1.165, 1.54) is 4.68 Å². The minimum Gasteiger partial charge on any atom is -0.460 e. The van der Waals surface area contributed by atoms with Gasteiger partial charge in [-0.25, -0.2) is 9.48 Å². The molecule has 1 aromatic rings. The summed E-state index contributed by atoms with van der Waals surface area (Å²) in [7, 11) is 0. The van der Waals surface area contributed by atoms with Crippen molar-refractivity contribution in [2.75, 3.05) is 18.1 Å². The molecule has 0 aliphatic rings. The number of hydrogen-bond donors (Lipinski definition) is 0. The average Bonchev–Trinajstić information content (AvgIpc) is 2.67. The molecule has 84 valence electrons. The first kappa shape index (κ1) is 12.0. The van der Waals surface area contributed by atoms with Crippen LogP contribution in [0.3, 0.4) is 0 Å². The van der Waals surface area contributed by atoms with E-state index in [-0.39, 0.29) is 5.82 Å². The summed E-state index contributed by atoms with van der Waals surface area (Å²) in [5.74, 6) is 1.63. The monoisotopic (exact) mass is 230 g/mol. The van der Waals surface area contributed by atoms with Crippen molar-refractivity contribution in [1.82, 2.24) is 20.2 Å². The van der Waals surface area contributed by atoms with Crippen LogP contribution in [0.4, 0.5) is 0 Å². The van der Waals surface area contributed by atoms with Gasteiger partial charge in [-0.3, -0.25) is 0 Å². The van der Waals surface area contributed by atoms with Gasteiger partial charge in [0.05, 0.1) is 13.2 Å². The van der Waals surface area contributed by atoms with Gasteiger partial charge >= 0.3 is 5.97 Å². The molecular weight excluding hydrogens is 216 g/mol. The normalized spacial score (nSPS) is 10.3. The van der Waals surface area contributed by atoms with Crippen molar-refractivity contribution < 1.29 is 9.53 Å². The van der Waals surface area contributed by atoms with Gasteiger partial charge in [-0.2, -0.15) is 11.8 Å². The Morgan fingerprint density at radius 3 is 3.00 bits per heavy atom. The molecule has 0 fully saturated rings. The minimum absolute atomic E-state index is 0.175.